The molecule has 28 heavy (non-hydrogen) atoms. The van der Waals surface area contributed by atoms with E-state index in [1.807, 2.05) is 25.1 Å². The summed E-state index contributed by atoms with van der Waals surface area (Å²) in [7, 11) is 3.15. The van der Waals surface area contributed by atoms with Crippen LogP contribution in [0.3, 0.4) is 0 Å². The highest BCUT2D eigenvalue weighted by molar-refractivity contribution is 6.30. The summed E-state index contributed by atoms with van der Waals surface area (Å²) < 4.78 is 6.57. The Morgan fingerprint density at radius 2 is 1.96 bits per heavy atom. The molecule has 1 fully saturated rings. The lowest BCUT2D eigenvalue weighted by atomic mass is 10.1. The van der Waals surface area contributed by atoms with E-state index in [1.54, 1.807) is 18.1 Å². The van der Waals surface area contributed by atoms with E-state index in [9.17, 15) is 9.59 Å². The quantitative estimate of drug-likeness (QED) is 0.814. The van der Waals surface area contributed by atoms with Crippen LogP contribution in [0.2, 0.25) is 5.02 Å². The molecule has 1 aliphatic heterocycles. The average molecular weight is 406 g/mol. The third-order valence-electron chi connectivity index (χ3n) is 4.78. The number of aromatic nitrogens is 2. The van der Waals surface area contributed by atoms with Crippen molar-refractivity contribution in [2.75, 3.05) is 44.7 Å². The van der Waals surface area contributed by atoms with E-state index < -0.39 is 0 Å². The van der Waals surface area contributed by atoms with Crippen molar-refractivity contribution in [1.29, 1.82) is 0 Å². The van der Waals surface area contributed by atoms with Gasteiger partial charge in [0.25, 0.3) is 5.91 Å². The number of halogens is 1. The zero-order valence-electron chi connectivity index (χ0n) is 16.2. The molecule has 0 spiro atoms. The Hall–Kier alpha value is -2.74. The Balaban J connectivity index is 1.52. The summed E-state index contributed by atoms with van der Waals surface area (Å²) in [5, 5.41) is 7.39. The molecule has 1 N–H and O–H groups in total. The van der Waals surface area contributed by atoms with Gasteiger partial charge >= 0.3 is 0 Å². The number of amides is 2. The van der Waals surface area contributed by atoms with E-state index in [0.717, 1.165) is 24.3 Å². The maximum atomic E-state index is 12.5. The van der Waals surface area contributed by atoms with Crippen LogP contribution in [-0.4, -0.2) is 66.3 Å². The Morgan fingerprint density at radius 3 is 2.64 bits per heavy atom. The van der Waals surface area contributed by atoms with Crippen molar-refractivity contribution in [3.63, 3.8) is 0 Å². The SMILES string of the molecule is COc1nn(C)cc1C(=O)NCC(=O)N1CCN(c2cc(Cl)ccc2C)CC1. The van der Waals surface area contributed by atoms with Crippen LogP contribution in [0.1, 0.15) is 15.9 Å². The van der Waals surface area contributed by atoms with Crippen molar-refractivity contribution in [2.45, 2.75) is 6.92 Å². The zero-order chi connectivity index (χ0) is 20.3. The first-order valence-electron chi connectivity index (χ1n) is 9.03. The number of carbonyl (C=O) groups excluding carboxylic acids is 2. The lowest BCUT2D eigenvalue weighted by Crippen LogP contribution is -2.51. The minimum absolute atomic E-state index is 0.0624. The van der Waals surface area contributed by atoms with Crippen LogP contribution in [0, 0.1) is 6.92 Å². The topological polar surface area (TPSA) is 79.7 Å². The van der Waals surface area contributed by atoms with Gasteiger partial charge in [0.15, 0.2) is 0 Å². The second-order valence-electron chi connectivity index (χ2n) is 6.71. The first-order chi connectivity index (χ1) is 13.4. The fourth-order valence-electron chi connectivity index (χ4n) is 3.26. The highest BCUT2D eigenvalue weighted by Gasteiger charge is 2.23. The maximum absolute atomic E-state index is 12.5. The summed E-state index contributed by atoms with van der Waals surface area (Å²) in [4.78, 5) is 28.8. The number of hydrogen-bond donors (Lipinski definition) is 1. The lowest BCUT2D eigenvalue weighted by molar-refractivity contribution is -0.130. The van der Waals surface area contributed by atoms with Gasteiger partial charge in [0.1, 0.15) is 5.56 Å². The predicted molar refractivity (Wildman–Crippen MR) is 107 cm³/mol. The average Bonchev–Trinajstić information content (AvgIpc) is 3.08. The summed E-state index contributed by atoms with van der Waals surface area (Å²) in [5.74, 6) is -0.261. The molecular formula is C19H24ClN5O3. The molecule has 2 aromatic rings. The van der Waals surface area contributed by atoms with E-state index in [4.69, 9.17) is 16.3 Å². The van der Waals surface area contributed by atoms with Gasteiger partial charge in [0.2, 0.25) is 11.8 Å². The van der Waals surface area contributed by atoms with Crippen LogP contribution in [0.15, 0.2) is 24.4 Å². The molecule has 0 unspecified atom stereocenters. The summed E-state index contributed by atoms with van der Waals surface area (Å²) in [6.07, 6.45) is 1.56. The summed E-state index contributed by atoms with van der Waals surface area (Å²) in [6, 6.07) is 5.83. The highest BCUT2D eigenvalue weighted by atomic mass is 35.5. The molecular weight excluding hydrogens is 382 g/mol. The van der Waals surface area contributed by atoms with E-state index in [1.165, 1.54) is 11.8 Å². The predicted octanol–water partition coefficient (Wildman–Crippen LogP) is 1.47. The fourth-order valence-corrected chi connectivity index (χ4v) is 3.42. The van der Waals surface area contributed by atoms with E-state index >= 15 is 0 Å². The second-order valence-corrected chi connectivity index (χ2v) is 7.14. The molecule has 1 saturated heterocycles. The molecule has 1 aromatic carbocycles. The lowest BCUT2D eigenvalue weighted by Gasteiger charge is -2.37. The Morgan fingerprint density at radius 1 is 1.25 bits per heavy atom. The third kappa shape index (κ3) is 4.39. The van der Waals surface area contributed by atoms with Crippen molar-refractivity contribution in [1.82, 2.24) is 20.0 Å². The number of ether oxygens (including phenoxy) is 1. The van der Waals surface area contributed by atoms with Crippen molar-refractivity contribution < 1.29 is 14.3 Å². The number of methoxy groups -OCH3 is 1. The maximum Gasteiger partial charge on any atom is 0.258 e. The van der Waals surface area contributed by atoms with Gasteiger partial charge in [-0.05, 0) is 24.6 Å². The number of nitrogens with one attached hydrogen (secondary N) is 1. The fraction of sp³-hybridized carbons (Fsp3) is 0.421. The number of benzene rings is 1. The molecule has 1 aliphatic rings. The number of anilines is 1. The van der Waals surface area contributed by atoms with Gasteiger partial charge in [-0.2, -0.15) is 0 Å². The summed E-state index contributed by atoms with van der Waals surface area (Å²) in [6.45, 7) is 4.61. The van der Waals surface area contributed by atoms with Crippen molar-refractivity contribution in [3.8, 4) is 5.88 Å². The molecule has 0 radical (unpaired) electrons. The zero-order valence-corrected chi connectivity index (χ0v) is 17.0. The van der Waals surface area contributed by atoms with Gasteiger partial charge in [-0.25, -0.2) is 0 Å². The molecule has 2 amide bonds. The van der Waals surface area contributed by atoms with Crippen LogP contribution in [0.25, 0.3) is 0 Å². The van der Waals surface area contributed by atoms with Gasteiger partial charge in [-0.3, -0.25) is 14.3 Å². The Kier molecular flexibility index (Phi) is 6.08. The molecule has 0 saturated carbocycles. The monoisotopic (exact) mass is 405 g/mol. The molecule has 150 valence electrons. The van der Waals surface area contributed by atoms with Gasteiger partial charge < -0.3 is 19.9 Å². The van der Waals surface area contributed by atoms with Crippen LogP contribution in [-0.2, 0) is 11.8 Å². The standard InChI is InChI=1S/C19H24ClN5O3/c1-13-4-5-14(20)10-16(13)24-6-8-25(9-7-24)17(26)11-21-18(27)15-12-23(2)22-19(15)28-3/h4-5,10,12H,6-9,11H2,1-3H3,(H,21,27). The second kappa shape index (κ2) is 8.52. The van der Waals surface area contributed by atoms with Gasteiger partial charge in [0, 0.05) is 50.1 Å². The highest BCUT2D eigenvalue weighted by Crippen LogP contribution is 2.25. The van der Waals surface area contributed by atoms with E-state index in [0.29, 0.717) is 23.7 Å². The number of hydrogen-bond acceptors (Lipinski definition) is 5. The number of rotatable bonds is 5. The first kappa shape index (κ1) is 20.0. The number of piperazine rings is 1. The van der Waals surface area contributed by atoms with Crippen LogP contribution in [0.5, 0.6) is 5.88 Å². The van der Waals surface area contributed by atoms with Gasteiger partial charge in [-0.1, -0.05) is 17.7 Å². The van der Waals surface area contributed by atoms with Crippen molar-refractivity contribution >= 4 is 29.1 Å². The molecule has 3 rings (SSSR count). The number of carbonyl (C=O) groups is 2. The Bertz CT molecular complexity index is 874. The molecule has 1 aromatic heterocycles. The molecule has 0 aliphatic carbocycles. The van der Waals surface area contributed by atoms with Crippen molar-refractivity contribution in [3.05, 3.63) is 40.5 Å². The molecule has 0 atom stereocenters. The van der Waals surface area contributed by atoms with Crippen molar-refractivity contribution in [2.24, 2.45) is 7.05 Å². The van der Waals surface area contributed by atoms with Crippen LogP contribution < -0.4 is 15.0 Å². The normalized spacial score (nSPS) is 14.1. The first-order valence-corrected chi connectivity index (χ1v) is 9.41. The van der Waals surface area contributed by atoms with Gasteiger partial charge in [-0.15, -0.1) is 5.10 Å². The molecule has 2 heterocycles. The summed E-state index contributed by atoms with van der Waals surface area (Å²) >= 11 is 6.11. The van der Waals surface area contributed by atoms with Crippen LogP contribution in [0.4, 0.5) is 5.69 Å². The molecule has 8 nitrogen and oxygen atoms in total. The number of aryl methyl sites for hydroxylation is 2. The van der Waals surface area contributed by atoms with Gasteiger partial charge in [0.05, 0.1) is 13.7 Å². The van der Waals surface area contributed by atoms with E-state index in [2.05, 4.69) is 15.3 Å². The third-order valence-corrected chi connectivity index (χ3v) is 5.01. The Labute approximate surface area is 169 Å². The smallest absolute Gasteiger partial charge is 0.258 e. The van der Waals surface area contributed by atoms with Crippen LogP contribution >= 0.6 is 11.6 Å². The number of nitrogens with zero attached hydrogens (tertiary/aromatic N) is 4. The van der Waals surface area contributed by atoms with E-state index in [-0.39, 0.29) is 24.2 Å². The minimum atomic E-state index is -0.383. The largest absolute Gasteiger partial charge is 0.479 e. The summed E-state index contributed by atoms with van der Waals surface area (Å²) in [5.41, 5.74) is 2.55. The minimum Gasteiger partial charge on any atom is -0.479 e. The molecule has 0 bridgehead atoms. The molecule has 9 heteroatoms.